The molecule has 5 nitrogen and oxygen atoms in total. The van der Waals surface area contributed by atoms with Crippen LogP contribution in [0.1, 0.15) is 0 Å². The fourth-order valence-electron chi connectivity index (χ4n) is 0.778. The Morgan fingerprint density at radius 2 is 2.25 bits per heavy atom. The maximum absolute atomic E-state index is 10.4. The summed E-state index contributed by atoms with van der Waals surface area (Å²) in [7, 11) is 0. The van der Waals surface area contributed by atoms with Gasteiger partial charge in [0.25, 0.3) is 5.69 Å². The molecule has 0 saturated carbocycles. The Labute approximate surface area is 76.8 Å². The summed E-state index contributed by atoms with van der Waals surface area (Å²) in [6, 6.07) is 4.58. The molecule has 64 valence electrons. The molecular formula is C6H6BrN3O2. The number of benzene rings is 1. The van der Waals surface area contributed by atoms with Crippen molar-refractivity contribution in [3.63, 3.8) is 0 Å². The van der Waals surface area contributed by atoms with Crippen LogP contribution in [0.5, 0.6) is 0 Å². The van der Waals surface area contributed by atoms with E-state index in [1.165, 1.54) is 12.1 Å². The van der Waals surface area contributed by atoms with Crippen molar-refractivity contribution in [1.82, 2.24) is 0 Å². The summed E-state index contributed by atoms with van der Waals surface area (Å²) in [4.78, 5) is 9.92. The molecule has 0 aliphatic carbocycles. The van der Waals surface area contributed by atoms with Crippen LogP contribution >= 0.6 is 15.9 Å². The van der Waals surface area contributed by atoms with Crippen molar-refractivity contribution in [2.24, 2.45) is 5.84 Å². The third kappa shape index (κ3) is 1.72. The fourth-order valence-corrected chi connectivity index (χ4v) is 1.13. The quantitative estimate of drug-likeness (QED) is 0.461. The molecule has 0 radical (unpaired) electrons. The minimum Gasteiger partial charge on any atom is -0.318 e. The highest BCUT2D eigenvalue weighted by molar-refractivity contribution is 9.10. The first-order valence-electron chi connectivity index (χ1n) is 3.05. The monoisotopic (exact) mass is 231 g/mol. The molecule has 0 fully saturated rings. The van der Waals surface area contributed by atoms with Crippen molar-refractivity contribution in [1.29, 1.82) is 0 Å². The van der Waals surface area contributed by atoms with Crippen molar-refractivity contribution in [2.75, 3.05) is 5.43 Å². The van der Waals surface area contributed by atoms with Gasteiger partial charge in [-0.25, -0.2) is 0 Å². The summed E-state index contributed by atoms with van der Waals surface area (Å²) < 4.78 is 0.646. The van der Waals surface area contributed by atoms with E-state index in [-0.39, 0.29) is 5.69 Å². The van der Waals surface area contributed by atoms with Crippen LogP contribution < -0.4 is 11.3 Å². The molecule has 0 spiro atoms. The molecule has 0 bridgehead atoms. The lowest BCUT2D eigenvalue weighted by molar-refractivity contribution is -0.384. The van der Waals surface area contributed by atoms with Crippen LogP contribution in [0.4, 0.5) is 11.4 Å². The maximum Gasteiger partial charge on any atom is 0.294 e. The summed E-state index contributed by atoms with van der Waals surface area (Å²) in [6.45, 7) is 0. The molecule has 1 aromatic carbocycles. The number of rotatable bonds is 2. The molecule has 0 aliphatic rings. The summed E-state index contributed by atoms with van der Waals surface area (Å²) >= 11 is 3.12. The number of nitrogen functional groups attached to an aromatic ring is 1. The van der Waals surface area contributed by atoms with Gasteiger partial charge in [0.15, 0.2) is 0 Å². The number of nitro benzene ring substituents is 1. The molecular weight excluding hydrogens is 226 g/mol. The summed E-state index contributed by atoms with van der Waals surface area (Å²) in [5.41, 5.74) is 2.49. The van der Waals surface area contributed by atoms with Crippen LogP contribution in [-0.2, 0) is 0 Å². The smallest absolute Gasteiger partial charge is 0.294 e. The lowest BCUT2D eigenvalue weighted by atomic mass is 10.3. The van der Waals surface area contributed by atoms with Gasteiger partial charge in [0.1, 0.15) is 5.69 Å². The highest BCUT2D eigenvalue weighted by Crippen LogP contribution is 2.26. The Balaban J connectivity index is 3.21. The molecule has 0 unspecified atom stereocenters. The number of hydrogen-bond acceptors (Lipinski definition) is 4. The Hall–Kier alpha value is -1.14. The van der Waals surface area contributed by atoms with Crippen molar-refractivity contribution in [3.05, 3.63) is 32.8 Å². The third-order valence-electron chi connectivity index (χ3n) is 1.31. The van der Waals surface area contributed by atoms with Crippen LogP contribution in [0.15, 0.2) is 22.7 Å². The average molecular weight is 232 g/mol. The Morgan fingerprint density at radius 1 is 1.58 bits per heavy atom. The molecule has 0 saturated heterocycles. The zero-order valence-electron chi connectivity index (χ0n) is 5.95. The number of nitrogens with two attached hydrogens (primary N) is 1. The van der Waals surface area contributed by atoms with E-state index in [0.717, 1.165) is 0 Å². The van der Waals surface area contributed by atoms with Crippen molar-refractivity contribution in [2.45, 2.75) is 0 Å². The van der Waals surface area contributed by atoms with Gasteiger partial charge < -0.3 is 5.43 Å². The van der Waals surface area contributed by atoms with E-state index in [1.807, 2.05) is 0 Å². The van der Waals surface area contributed by atoms with E-state index in [1.54, 1.807) is 6.07 Å². The van der Waals surface area contributed by atoms with Gasteiger partial charge in [0.05, 0.1) is 4.92 Å². The van der Waals surface area contributed by atoms with Crippen LogP contribution in [-0.4, -0.2) is 4.92 Å². The minimum absolute atomic E-state index is 0.0492. The van der Waals surface area contributed by atoms with E-state index in [4.69, 9.17) is 5.84 Å². The normalized spacial score (nSPS) is 9.50. The molecule has 6 heteroatoms. The van der Waals surface area contributed by atoms with E-state index in [2.05, 4.69) is 21.4 Å². The number of halogens is 1. The first-order valence-corrected chi connectivity index (χ1v) is 3.85. The van der Waals surface area contributed by atoms with Crippen molar-refractivity contribution in [3.8, 4) is 0 Å². The molecule has 0 aliphatic heterocycles. The van der Waals surface area contributed by atoms with Crippen molar-refractivity contribution >= 4 is 27.3 Å². The van der Waals surface area contributed by atoms with Crippen molar-refractivity contribution < 1.29 is 4.92 Å². The van der Waals surface area contributed by atoms with Gasteiger partial charge in [0, 0.05) is 10.5 Å². The number of hydrazine groups is 1. The summed E-state index contributed by atoms with van der Waals surface area (Å²) in [5.74, 6) is 5.07. The molecule has 0 heterocycles. The third-order valence-corrected chi connectivity index (χ3v) is 1.81. The number of anilines is 1. The first kappa shape index (κ1) is 8.95. The predicted octanol–water partition coefficient (Wildman–Crippen LogP) is 1.64. The Kier molecular flexibility index (Phi) is 2.61. The largest absolute Gasteiger partial charge is 0.318 e. The van der Waals surface area contributed by atoms with Gasteiger partial charge in [-0.15, -0.1) is 0 Å². The Bertz CT molecular complexity index is 316. The highest BCUT2D eigenvalue weighted by atomic mass is 79.9. The van der Waals surface area contributed by atoms with Crippen LogP contribution in [0.3, 0.4) is 0 Å². The maximum atomic E-state index is 10.4. The van der Waals surface area contributed by atoms with E-state index in [9.17, 15) is 10.1 Å². The standard InChI is InChI=1S/C6H6BrN3O2/c7-4-1-2-5(9-8)6(3-4)10(11)12/h1-3,9H,8H2. The van der Waals surface area contributed by atoms with E-state index >= 15 is 0 Å². The van der Waals surface area contributed by atoms with Gasteiger partial charge in [-0.2, -0.15) is 0 Å². The second-order valence-corrected chi connectivity index (χ2v) is 2.98. The molecule has 0 amide bonds. The zero-order valence-corrected chi connectivity index (χ0v) is 7.54. The minimum atomic E-state index is -0.500. The highest BCUT2D eigenvalue weighted by Gasteiger charge is 2.12. The van der Waals surface area contributed by atoms with Gasteiger partial charge >= 0.3 is 0 Å². The number of nitrogens with zero attached hydrogens (tertiary/aromatic N) is 1. The second-order valence-electron chi connectivity index (χ2n) is 2.06. The SMILES string of the molecule is NNc1ccc(Br)cc1[N+](=O)[O-]. The molecule has 0 aromatic heterocycles. The van der Waals surface area contributed by atoms with E-state index < -0.39 is 4.92 Å². The fraction of sp³-hybridized carbons (Fsp3) is 0. The Morgan fingerprint density at radius 3 is 2.75 bits per heavy atom. The van der Waals surface area contributed by atoms with Gasteiger partial charge in [0.2, 0.25) is 0 Å². The average Bonchev–Trinajstić information content (AvgIpc) is 2.04. The summed E-state index contributed by atoms with van der Waals surface area (Å²) in [5, 5.41) is 10.4. The van der Waals surface area contributed by atoms with Gasteiger partial charge in [-0.05, 0) is 12.1 Å². The molecule has 1 aromatic rings. The van der Waals surface area contributed by atoms with Gasteiger partial charge in [-0.1, -0.05) is 15.9 Å². The van der Waals surface area contributed by atoms with Crippen LogP contribution in [0, 0.1) is 10.1 Å². The van der Waals surface area contributed by atoms with Crippen LogP contribution in [0.2, 0.25) is 0 Å². The van der Waals surface area contributed by atoms with Gasteiger partial charge in [-0.3, -0.25) is 16.0 Å². The number of hydrogen-bond donors (Lipinski definition) is 2. The molecule has 1 rings (SSSR count). The first-order chi connectivity index (χ1) is 5.65. The molecule has 0 atom stereocenters. The molecule has 3 N–H and O–H groups in total. The number of nitro groups is 1. The number of nitrogens with one attached hydrogen (secondary N) is 1. The second kappa shape index (κ2) is 3.51. The molecule has 12 heavy (non-hydrogen) atoms. The predicted molar refractivity (Wildman–Crippen MR) is 48.6 cm³/mol. The van der Waals surface area contributed by atoms with Crippen LogP contribution in [0.25, 0.3) is 0 Å². The lowest BCUT2D eigenvalue weighted by Crippen LogP contribution is -2.08. The van der Waals surface area contributed by atoms with E-state index in [0.29, 0.717) is 10.2 Å². The lowest BCUT2D eigenvalue weighted by Gasteiger charge is -2.00. The zero-order chi connectivity index (χ0) is 9.14. The topological polar surface area (TPSA) is 81.2 Å². The summed E-state index contributed by atoms with van der Waals surface area (Å²) in [6.07, 6.45) is 0.